The van der Waals surface area contributed by atoms with Gasteiger partial charge in [0.15, 0.2) is 0 Å². The minimum atomic E-state index is -0.349. The number of methoxy groups -OCH3 is 1. The highest BCUT2D eigenvalue weighted by molar-refractivity contribution is 6.05. The van der Waals surface area contributed by atoms with E-state index in [0.717, 1.165) is 0 Å². The maximum absolute atomic E-state index is 13.0. The number of hydrogen-bond acceptors (Lipinski definition) is 3. The van der Waals surface area contributed by atoms with E-state index in [0.29, 0.717) is 28.3 Å². The molecule has 0 aliphatic heterocycles. The minimum Gasteiger partial charge on any atom is -0.495 e. The van der Waals surface area contributed by atoms with Crippen molar-refractivity contribution in [3.63, 3.8) is 0 Å². The van der Waals surface area contributed by atoms with Gasteiger partial charge in [0, 0.05) is 11.3 Å². The molecule has 3 aromatic rings. The number of amides is 2. The Morgan fingerprint density at radius 2 is 1.64 bits per heavy atom. The Bertz CT molecular complexity index is 973. The van der Waals surface area contributed by atoms with Crippen LogP contribution in [0.4, 0.5) is 15.8 Å². The van der Waals surface area contributed by atoms with Crippen LogP contribution in [0.25, 0.3) is 0 Å². The molecule has 0 aliphatic carbocycles. The van der Waals surface area contributed by atoms with Gasteiger partial charge in [-0.1, -0.05) is 30.3 Å². The van der Waals surface area contributed by atoms with E-state index in [1.54, 1.807) is 54.6 Å². The van der Waals surface area contributed by atoms with Gasteiger partial charge in [0.1, 0.15) is 11.6 Å². The number of anilines is 2. The highest BCUT2D eigenvalue weighted by Crippen LogP contribution is 2.28. The SMILES string of the molecule is COc1ccc(NC(=O)Cc2ccc(F)cc2)cc1NC(=O)c1ccccc1. The quantitative estimate of drug-likeness (QED) is 0.673. The first-order valence-corrected chi connectivity index (χ1v) is 8.64. The van der Waals surface area contributed by atoms with Crippen LogP contribution in [0.5, 0.6) is 5.75 Å². The fourth-order valence-electron chi connectivity index (χ4n) is 2.66. The van der Waals surface area contributed by atoms with Gasteiger partial charge in [0.25, 0.3) is 5.91 Å². The lowest BCUT2D eigenvalue weighted by Gasteiger charge is -2.13. The van der Waals surface area contributed by atoms with Crippen LogP contribution in [0, 0.1) is 5.82 Å². The van der Waals surface area contributed by atoms with Crippen LogP contribution >= 0.6 is 0 Å². The molecule has 0 saturated carbocycles. The molecule has 0 aromatic heterocycles. The molecule has 0 unspecified atom stereocenters. The normalized spacial score (nSPS) is 10.2. The maximum atomic E-state index is 13.0. The molecule has 3 rings (SSSR count). The van der Waals surface area contributed by atoms with E-state index < -0.39 is 0 Å². The Morgan fingerprint density at radius 3 is 2.32 bits per heavy atom. The average molecular weight is 378 g/mol. The van der Waals surface area contributed by atoms with E-state index in [-0.39, 0.29) is 24.1 Å². The topological polar surface area (TPSA) is 67.4 Å². The van der Waals surface area contributed by atoms with E-state index >= 15 is 0 Å². The zero-order valence-electron chi connectivity index (χ0n) is 15.2. The second-order valence-corrected chi connectivity index (χ2v) is 6.09. The van der Waals surface area contributed by atoms with E-state index in [2.05, 4.69) is 10.6 Å². The summed E-state index contributed by atoms with van der Waals surface area (Å²) in [5.74, 6) is -0.412. The third-order valence-corrected chi connectivity index (χ3v) is 4.05. The number of carbonyl (C=O) groups is 2. The van der Waals surface area contributed by atoms with E-state index in [9.17, 15) is 14.0 Å². The molecule has 0 aliphatic rings. The molecule has 5 nitrogen and oxygen atoms in total. The zero-order chi connectivity index (χ0) is 19.9. The number of ether oxygens (including phenoxy) is 1. The molecular weight excluding hydrogens is 359 g/mol. The van der Waals surface area contributed by atoms with Gasteiger partial charge in [0.05, 0.1) is 19.2 Å². The van der Waals surface area contributed by atoms with Gasteiger partial charge in [-0.05, 0) is 48.0 Å². The number of carbonyl (C=O) groups excluding carboxylic acids is 2. The summed E-state index contributed by atoms with van der Waals surface area (Å²) in [6.07, 6.45) is 0.109. The van der Waals surface area contributed by atoms with Gasteiger partial charge < -0.3 is 15.4 Å². The van der Waals surface area contributed by atoms with Crippen LogP contribution in [-0.4, -0.2) is 18.9 Å². The Balaban J connectivity index is 1.72. The van der Waals surface area contributed by atoms with Crippen molar-refractivity contribution >= 4 is 23.2 Å². The van der Waals surface area contributed by atoms with Gasteiger partial charge in [0.2, 0.25) is 5.91 Å². The lowest BCUT2D eigenvalue weighted by Crippen LogP contribution is -2.16. The molecule has 0 heterocycles. The standard InChI is InChI=1S/C22H19FN2O3/c1-28-20-12-11-18(24-21(26)13-15-7-9-17(23)10-8-15)14-19(20)25-22(27)16-5-3-2-4-6-16/h2-12,14H,13H2,1H3,(H,24,26)(H,25,27). The van der Waals surface area contributed by atoms with E-state index in [1.807, 2.05) is 6.07 Å². The number of benzene rings is 3. The molecule has 0 fully saturated rings. The third kappa shape index (κ3) is 4.94. The molecule has 0 spiro atoms. The smallest absolute Gasteiger partial charge is 0.255 e. The van der Waals surface area contributed by atoms with Crippen molar-refractivity contribution in [2.45, 2.75) is 6.42 Å². The summed E-state index contributed by atoms with van der Waals surface area (Å²) in [4.78, 5) is 24.7. The van der Waals surface area contributed by atoms with Crippen LogP contribution in [0.1, 0.15) is 15.9 Å². The average Bonchev–Trinajstić information content (AvgIpc) is 2.70. The molecule has 0 bridgehead atoms. The summed E-state index contributed by atoms with van der Waals surface area (Å²) in [6, 6.07) is 19.5. The van der Waals surface area contributed by atoms with Gasteiger partial charge in [-0.15, -0.1) is 0 Å². The molecular formula is C22H19FN2O3. The van der Waals surface area contributed by atoms with Crippen molar-refractivity contribution < 1.29 is 18.7 Å². The van der Waals surface area contributed by atoms with Crippen LogP contribution in [0.3, 0.4) is 0 Å². The van der Waals surface area contributed by atoms with Crippen molar-refractivity contribution in [1.82, 2.24) is 0 Å². The van der Waals surface area contributed by atoms with Crippen LogP contribution in [0.15, 0.2) is 72.8 Å². The Kier molecular flexibility index (Phi) is 6.01. The monoisotopic (exact) mass is 378 g/mol. The molecule has 0 radical (unpaired) electrons. The Labute approximate surface area is 162 Å². The fraction of sp³-hybridized carbons (Fsp3) is 0.0909. The van der Waals surface area contributed by atoms with Crippen molar-refractivity contribution in [2.24, 2.45) is 0 Å². The molecule has 0 atom stereocenters. The van der Waals surface area contributed by atoms with Crippen molar-refractivity contribution in [3.05, 3.63) is 89.7 Å². The second kappa shape index (κ2) is 8.81. The molecule has 0 saturated heterocycles. The summed E-state index contributed by atoms with van der Waals surface area (Å²) in [5, 5.41) is 5.56. The molecule has 2 amide bonds. The van der Waals surface area contributed by atoms with Gasteiger partial charge >= 0.3 is 0 Å². The van der Waals surface area contributed by atoms with Gasteiger partial charge in [-0.2, -0.15) is 0 Å². The lowest BCUT2D eigenvalue weighted by molar-refractivity contribution is -0.115. The maximum Gasteiger partial charge on any atom is 0.255 e. The van der Waals surface area contributed by atoms with Crippen molar-refractivity contribution in [1.29, 1.82) is 0 Å². The Hall–Kier alpha value is -3.67. The highest BCUT2D eigenvalue weighted by Gasteiger charge is 2.12. The van der Waals surface area contributed by atoms with E-state index in [4.69, 9.17) is 4.74 Å². The van der Waals surface area contributed by atoms with Crippen LogP contribution in [0.2, 0.25) is 0 Å². The van der Waals surface area contributed by atoms with Crippen LogP contribution < -0.4 is 15.4 Å². The number of hydrogen-bond donors (Lipinski definition) is 2. The fourth-order valence-corrected chi connectivity index (χ4v) is 2.66. The summed E-state index contributed by atoms with van der Waals surface area (Å²) in [6.45, 7) is 0. The summed E-state index contributed by atoms with van der Waals surface area (Å²) < 4.78 is 18.3. The molecule has 3 aromatic carbocycles. The first-order valence-electron chi connectivity index (χ1n) is 8.64. The molecule has 142 valence electrons. The zero-order valence-corrected chi connectivity index (χ0v) is 15.2. The van der Waals surface area contributed by atoms with Crippen molar-refractivity contribution in [3.8, 4) is 5.75 Å². The first-order chi connectivity index (χ1) is 13.5. The minimum absolute atomic E-state index is 0.109. The van der Waals surface area contributed by atoms with Gasteiger partial charge in [-0.3, -0.25) is 9.59 Å². The largest absolute Gasteiger partial charge is 0.495 e. The number of rotatable bonds is 6. The Morgan fingerprint density at radius 1 is 0.929 bits per heavy atom. The highest BCUT2D eigenvalue weighted by atomic mass is 19.1. The van der Waals surface area contributed by atoms with Gasteiger partial charge in [-0.25, -0.2) is 4.39 Å². The molecule has 6 heteroatoms. The summed E-state index contributed by atoms with van der Waals surface area (Å²) in [7, 11) is 1.50. The predicted molar refractivity (Wildman–Crippen MR) is 106 cm³/mol. The molecule has 2 N–H and O–H groups in total. The third-order valence-electron chi connectivity index (χ3n) is 4.05. The van der Waals surface area contributed by atoms with Crippen molar-refractivity contribution in [2.75, 3.05) is 17.7 Å². The summed E-state index contributed by atoms with van der Waals surface area (Å²) >= 11 is 0. The number of halogens is 1. The van der Waals surface area contributed by atoms with E-state index in [1.165, 1.54) is 19.2 Å². The number of nitrogens with one attached hydrogen (secondary N) is 2. The molecule has 28 heavy (non-hydrogen) atoms. The predicted octanol–water partition coefficient (Wildman–Crippen LogP) is 4.27. The second-order valence-electron chi connectivity index (χ2n) is 6.09. The first kappa shape index (κ1) is 19.1. The summed E-state index contributed by atoms with van der Waals surface area (Å²) in [5.41, 5.74) is 2.16. The lowest BCUT2D eigenvalue weighted by atomic mass is 10.1. The van der Waals surface area contributed by atoms with Crippen LogP contribution in [-0.2, 0) is 11.2 Å².